The summed E-state index contributed by atoms with van der Waals surface area (Å²) < 4.78 is 14.9. The fourth-order valence-corrected chi connectivity index (χ4v) is 1.22. The predicted molar refractivity (Wildman–Crippen MR) is 52.0 cm³/mol. The maximum atomic E-state index is 11.5. The van der Waals surface area contributed by atoms with Gasteiger partial charge in [0.1, 0.15) is 0 Å². The third kappa shape index (κ3) is 3.76. The number of ether oxygens (including phenoxy) is 3. The van der Waals surface area contributed by atoms with Crippen molar-refractivity contribution >= 4 is 11.9 Å². The lowest BCUT2D eigenvalue weighted by Crippen LogP contribution is -2.46. The number of carboxylic acid groups (broad SMARTS) is 1. The quantitative estimate of drug-likeness (QED) is 0.607. The molecule has 0 aliphatic carbocycles. The zero-order valence-corrected chi connectivity index (χ0v) is 8.97. The minimum atomic E-state index is -1.12. The molecule has 1 rings (SSSR count). The molecule has 1 saturated heterocycles. The van der Waals surface area contributed by atoms with Crippen LogP contribution in [0.1, 0.15) is 0 Å². The van der Waals surface area contributed by atoms with E-state index < -0.39 is 18.2 Å². The third-order valence-corrected chi connectivity index (χ3v) is 2.13. The highest BCUT2D eigenvalue weighted by Crippen LogP contribution is 2.00. The highest BCUT2D eigenvalue weighted by molar-refractivity contribution is 5.82. The molecular formula is C9H15NO6. The van der Waals surface area contributed by atoms with Crippen molar-refractivity contribution in [2.24, 2.45) is 0 Å². The van der Waals surface area contributed by atoms with Crippen molar-refractivity contribution in [3.8, 4) is 0 Å². The summed E-state index contributed by atoms with van der Waals surface area (Å²) in [6.45, 7) is 0.936. The van der Waals surface area contributed by atoms with Gasteiger partial charge in [-0.3, -0.25) is 4.79 Å². The number of hydrogen-bond donors (Lipinski definition) is 2. The van der Waals surface area contributed by atoms with Crippen LogP contribution >= 0.6 is 0 Å². The maximum Gasteiger partial charge on any atom is 0.334 e. The van der Waals surface area contributed by atoms with E-state index in [1.54, 1.807) is 0 Å². The number of carboxylic acids is 1. The van der Waals surface area contributed by atoms with E-state index in [2.05, 4.69) is 10.1 Å². The average Bonchev–Trinajstić information content (AvgIpc) is 2.30. The first-order valence-electron chi connectivity index (χ1n) is 4.87. The summed E-state index contributed by atoms with van der Waals surface area (Å²) >= 11 is 0. The number of rotatable bonds is 5. The summed E-state index contributed by atoms with van der Waals surface area (Å²) in [4.78, 5) is 22.1. The van der Waals surface area contributed by atoms with Crippen LogP contribution in [0.4, 0.5) is 0 Å². The molecule has 7 heteroatoms. The van der Waals surface area contributed by atoms with Crippen LogP contribution in [-0.2, 0) is 23.8 Å². The molecule has 2 unspecified atom stereocenters. The van der Waals surface area contributed by atoms with E-state index in [1.165, 1.54) is 7.11 Å². The van der Waals surface area contributed by atoms with Gasteiger partial charge in [-0.25, -0.2) is 4.79 Å². The van der Waals surface area contributed by atoms with Gasteiger partial charge in [-0.05, 0) is 0 Å². The molecule has 1 aliphatic rings. The van der Waals surface area contributed by atoms with Crippen molar-refractivity contribution in [2.75, 3.05) is 33.5 Å². The lowest BCUT2D eigenvalue weighted by molar-refractivity contribution is -0.151. The summed E-state index contributed by atoms with van der Waals surface area (Å²) in [5, 5.41) is 11.1. The summed E-state index contributed by atoms with van der Waals surface area (Å²) in [6, 6.07) is 0. The van der Waals surface area contributed by atoms with Crippen LogP contribution in [0.2, 0.25) is 0 Å². The van der Waals surface area contributed by atoms with Crippen LogP contribution in [0.3, 0.4) is 0 Å². The molecular weight excluding hydrogens is 218 g/mol. The monoisotopic (exact) mass is 233 g/mol. The van der Waals surface area contributed by atoms with Crippen LogP contribution < -0.4 is 5.32 Å². The molecule has 0 aromatic rings. The zero-order chi connectivity index (χ0) is 12.0. The topological polar surface area (TPSA) is 94.1 Å². The Morgan fingerprint density at radius 3 is 2.81 bits per heavy atom. The van der Waals surface area contributed by atoms with Crippen LogP contribution in [0.5, 0.6) is 0 Å². The lowest BCUT2D eigenvalue weighted by Gasteiger charge is -2.22. The largest absolute Gasteiger partial charge is 0.479 e. The minimum absolute atomic E-state index is 0.0927. The van der Waals surface area contributed by atoms with Gasteiger partial charge in [0.05, 0.1) is 26.4 Å². The van der Waals surface area contributed by atoms with Gasteiger partial charge in [0.25, 0.3) is 5.91 Å². The van der Waals surface area contributed by atoms with E-state index in [4.69, 9.17) is 14.6 Å². The SMILES string of the molecule is COC(CNC(=O)C1COCCO1)C(=O)O. The first-order chi connectivity index (χ1) is 7.65. The van der Waals surface area contributed by atoms with E-state index >= 15 is 0 Å². The second-order valence-corrected chi connectivity index (χ2v) is 3.24. The number of methoxy groups -OCH3 is 1. The molecule has 1 fully saturated rings. The number of carbonyl (C=O) groups is 2. The molecule has 0 aromatic carbocycles. The molecule has 0 bridgehead atoms. The molecule has 1 amide bonds. The number of amides is 1. The van der Waals surface area contributed by atoms with Crippen molar-refractivity contribution in [3.63, 3.8) is 0 Å². The fraction of sp³-hybridized carbons (Fsp3) is 0.778. The van der Waals surface area contributed by atoms with Gasteiger partial charge in [-0.1, -0.05) is 0 Å². The average molecular weight is 233 g/mol. The molecule has 1 aliphatic heterocycles. The van der Waals surface area contributed by atoms with Crippen molar-refractivity contribution < 1.29 is 28.9 Å². The second-order valence-electron chi connectivity index (χ2n) is 3.24. The minimum Gasteiger partial charge on any atom is -0.479 e. The number of nitrogens with one attached hydrogen (secondary N) is 1. The Labute approximate surface area is 92.7 Å². The van der Waals surface area contributed by atoms with Gasteiger partial charge in [0, 0.05) is 7.11 Å². The molecule has 92 valence electrons. The Hall–Kier alpha value is -1.18. The molecule has 2 atom stereocenters. The summed E-state index contributed by atoms with van der Waals surface area (Å²) in [5.41, 5.74) is 0. The van der Waals surface area contributed by atoms with Crippen LogP contribution in [0.25, 0.3) is 0 Å². The predicted octanol–water partition coefficient (Wildman–Crippen LogP) is -1.38. The molecule has 0 spiro atoms. The van der Waals surface area contributed by atoms with Gasteiger partial charge in [-0.2, -0.15) is 0 Å². The number of carbonyl (C=O) groups excluding carboxylic acids is 1. The normalized spacial score (nSPS) is 22.4. The van der Waals surface area contributed by atoms with E-state index in [9.17, 15) is 9.59 Å². The lowest BCUT2D eigenvalue weighted by atomic mass is 10.3. The van der Waals surface area contributed by atoms with E-state index in [0.717, 1.165) is 0 Å². The van der Waals surface area contributed by atoms with Crippen molar-refractivity contribution in [1.82, 2.24) is 5.32 Å². The summed E-state index contributed by atoms with van der Waals surface area (Å²) in [5.74, 6) is -1.51. The Balaban J connectivity index is 2.30. The number of aliphatic carboxylic acids is 1. The Morgan fingerprint density at radius 2 is 2.31 bits per heavy atom. The highest BCUT2D eigenvalue weighted by atomic mass is 16.6. The van der Waals surface area contributed by atoms with E-state index in [-0.39, 0.29) is 19.1 Å². The van der Waals surface area contributed by atoms with Crippen molar-refractivity contribution in [3.05, 3.63) is 0 Å². The van der Waals surface area contributed by atoms with Gasteiger partial charge in [-0.15, -0.1) is 0 Å². The van der Waals surface area contributed by atoms with Crippen LogP contribution in [0.15, 0.2) is 0 Å². The summed E-state index contributed by atoms with van der Waals surface area (Å²) in [7, 11) is 1.27. The Morgan fingerprint density at radius 1 is 1.56 bits per heavy atom. The molecule has 1 heterocycles. The third-order valence-electron chi connectivity index (χ3n) is 2.13. The molecule has 2 N–H and O–H groups in total. The Kier molecular flexibility index (Phi) is 5.17. The highest BCUT2D eigenvalue weighted by Gasteiger charge is 2.24. The smallest absolute Gasteiger partial charge is 0.334 e. The molecule has 0 saturated carbocycles. The van der Waals surface area contributed by atoms with Crippen molar-refractivity contribution in [1.29, 1.82) is 0 Å². The molecule has 0 aromatic heterocycles. The van der Waals surface area contributed by atoms with Gasteiger partial charge >= 0.3 is 5.97 Å². The van der Waals surface area contributed by atoms with E-state index in [1.807, 2.05) is 0 Å². The van der Waals surface area contributed by atoms with Crippen molar-refractivity contribution in [2.45, 2.75) is 12.2 Å². The van der Waals surface area contributed by atoms with Gasteiger partial charge < -0.3 is 24.6 Å². The van der Waals surface area contributed by atoms with Crippen LogP contribution in [0, 0.1) is 0 Å². The molecule has 16 heavy (non-hydrogen) atoms. The first-order valence-corrected chi connectivity index (χ1v) is 4.87. The maximum absolute atomic E-state index is 11.5. The zero-order valence-electron chi connectivity index (χ0n) is 8.97. The second kappa shape index (κ2) is 6.41. The molecule has 0 radical (unpaired) electrons. The standard InChI is InChI=1S/C9H15NO6/c1-14-6(9(12)13)4-10-8(11)7-5-15-2-3-16-7/h6-7H,2-5H2,1H3,(H,10,11)(H,12,13). The van der Waals surface area contributed by atoms with Gasteiger partial charge in [0.15, 0.2) is 12.2 Å². The number of hydrogen-bond acceptors (Lipinski definition) is 5. The van der Waals surface area contributed by atoms with E-state index in [0.29, 0.717) is 13.2 Å². The fourth-order valence-electron chi connectivity index (χ4n) is 1.22. The molecule has 7 nitrogen and oxygen atoms in total. The first kappa shape index (κ1) is 12.9. The van der Waals surface area contributed by atoms with Gasteiger partial charge in [0.2, 0.25) is 0 Å². The van der Waals surface area contributed by atoms with Crippen LogP contribution in [-0.4, -0.2) is 62.7 Å². The Bertz CT molecular complexity index is 250. The summed E-state index contributed by atoms with van der Waals surface area (Å²) in [6.07, 6.45) is -1.71.